The Morgan fingerprint density at radius 2 is 1.78 bits per heavy atom. The van der Waals surface area contributed by atoms with Crippen LogP contribution in [0.4, 0.5) is 5.69 Å². The van der Waals surface area contributed by atoms with E-state index in [-0.39, 0.29) is 11.4 Å². The minimum absolute atomic E-state index is 0.00208. The molecular formula is C15H24N2O. The van der Waals surface area contributed by atoms with Crippen molar-refractivity contribution in [1.82, 2.24) is 5.32 Å². The molecule has 1 aromatic carbocycles. The summed E-state index contributed by atoms with van der Waals surface area (Å²) < 4.78 is 0. The third kappa shape index (κ3) is 3.49. The van der Waals surface area contributed by atoms with Gasteiger partial charge in [-0.05, 0) is 38.8 Å². The highest BCUT2D eigenvalue weighted by Crippen LogP contribution is 2.18. The molecule has 1 rings (SSSR count). The van der Waals surface area contributed by atoms with E-state index >= 15 is 0 Å². The van der Waals surface area contributed by atoms with E-state index in [1.165, 1.54) is 0 Å². The van der Waals surface area contributed by atoms with Crippen LogP contribution in [0.3, 0.4) is 0 Å². The first-order valence-corrected chi connectivity index (χ1v) is 6.71. The van der Waals surface area contributed by atoms with Crippen LogP contribution in [0.25, 0.3) is 0 Å². The molecule has 18 heavy (non-hydrogen) atoms. The fourth-order valence-electron chi connectivity index (χ4n) is 1.79. The summed E-state index contributed by atoms with van der Waals surface area (Å²) in [6.07, 6.45) is 1.86. The van der Waals surface area contributed by atoms with Gasteiger partial charge in [-0.3, -0.25) is 4.79 Å². The number of hydrogen-bond donors (Lipinski definition) is 2. The second-order valence-corrected chi connectivity index (χ2v) is 4.80. The van der Waals surface area contributed by atoms with Crippen molar-refractivity contribution in [3.8, 4) is 0 Å². The Labute approximate surface area is 110 Å². The summed E-state index contributed by atoms with van der Waals surface area (Å²) in [6, 6.07) is 7.63. The molecule has 0 radical (unpaired) electrons. The summed E-state index contributed by atoms with van der Waals surface area (Å²) in [5.74, 6) is -0.00208. The maximum Gasteiger partial charge on any atom is 0.253 e. The number of anilines is 1. The van der Waals surface area contributed by atoms with Gasteiger partial charge in [-0.25, -0.2) is 0 Å². The Hall–Kier alpha value is -1.51. The highest BCUT2D eigenvalue weighted by Gasteiger charge is 2.23. The van der Waals surface area contributed by atoms with Crippen LogP contribution >= 0.6 is 0 Å². The van der Waals surface area contributed by atoms with Gasteiger partial charge in [-0.2, -0.15) is 0 Å². The molecule has 0 saturated carbocycles. The summed E-state index contributed by atoms with van der Waals surface area (Å²) in [6.45, 7) is 9.11. The van der Waals surface area contributed by atoms with Crippen LogP contribution in [0.15, 0.2) is 24.3 Å². The molecule has 3 nitrogen and oxygen atoms in total. The summed E-state index contributed by atoms with van der Waals surface area (Å²) in [4.78, 5) is 12.3. The molecule has 1 aromatic rings. The third-order valence-electron chi connectivity index (χ3n) is 3.51. The Bertz CT molecular complexity index is 397. The lowest BCUT2D eigenvalue weighted by atomic mass is 9.95. The molecule has 0 bridgehead atoms. The van der Waals surface area contributed by atoms with E-state index in [1.54, 1.807) is 0 Å². The molecule has 2 N–H and O–H groups in total. The van der Waals surface area contributed by atoms with E-state index in [1.807, 2.05) is 31.2 Å². The maximum absolute atomic E-state index is 12.3. The van der Waals surface area contributed by atoms with Gasteiger partial charge in [0, 0.05) is 17.8 Å². The zero-order valence-corrected chi connectivity index (χ0v) is 11.8. The number of hydrogen-bond acceptors (Lipinski definition) is 2. The Morgan fingerprint density at radius 1 is 1.17 bits per heavy atom. The largest absolute Gasteiger partial charge is 0.385 e. The second-order valence-electron chi connectivity index (χ2n) is 4.80. The number of rotatable bonds is 6. The van der Waals surface area contributed by atoms with Gasteiger partial charge in [-0.15, -0.1) is 0 Å². The number of benzene rings is 1. The molecule has 0 spiro atoms. The second kappa shape index (κ2) is 6.43. The van der Waals surface area contributed by atoms with Gasteiger partial charge in [0.25, 0.3) is 5.91 Å². The van der Waals surface area contributed by atoms with E-state index in [9.17, 15) is 4.79 Å². The van der Waals surface area contributed by atoms with Crippen molar-refractivity contribution in [1.29, 1.82) is 0 Å². The Morgan fingerprint density at radius 3 is 2.33 bits per heavy atom. The number of para-hydroxylation sites is 1. The number of carbonyl (C=O) groups is 1. The van der Waals surface area contributed by atoms with Crippen LogP contribution in [-0.4, -0.2) is 18.0 Å². The average Bonchev–Trinajstić information content (AvgIpc) is 2.39. The van der Waals surface area contributed by atoms with Gasteiger partial charge in [0.15, 0.2) is 0 Å². The summed E-state index contributed by atoms with van der Waals surface area (Å²) in [5, 5.41) is 6.35. The zero-order valence-electron chi connectivity index (χ0n) is 11.8. The van der Waals surface area contributed by atoms with Gasteiger partial charge >= 0.3 is 0 Å². The van der Waals surface area contributed by atoms with Crippen molar-refractivity contribution >= 4 is 11.6 Å². The molecule has 0 atom stereocenters. The lowest BCUT2D eigenvalue weighted by molar-refractivity contribution is 0.0902. The highest BCUT2D eigenvalue weighted by atomic mass is 16.1. The molecule has 0 aliphatic carbocycles. The molecule has 3 heteroatoms. The molecule has 0 aliphatic heterocycles. The number of amides is 1. The molecule has 0 saturated heterocycles. The van der Waals surface area contributed by atoms with Gasteiger partial charge in [0.1, 0.15) is 0 Å². The normalized spacial score (nSPS) is 11.1. The van der Waals surface area contributed by atoms with E-state index in [4.69, 9.17) is 0 Å². The van der Waals surface area contributed by atoms with E-state index in [0.717, 1.165) is 25.1 Å². The first kappa shape index (κ1) is 14.6. The monoisotopic (exact) mass is 248 g/mol. The van der Waals surface area contributed by atoms with Gasteiger partial charge < -0.3 is 10.6 Å². The summed E-state index contributed by atoms with van der Waals surface area (Å²) in [7, 11) is 0. The lowest BCUT2D eigenvalue weighted by Crippen LogP contribution is -2.45. The molecule has 0 aromatic heterocycles. The van der Waals surface area contributed by atoms with Crippen LogP contribution in [0.1, 0.15) is 50.9 Å². The van der Waals surface area contributed by atoms with Crippen LogP contribution < -0.4 is 10.6 Å². The summed E-state index contributed by atoms with van der Waals surface area (Å²) >= 11 is 0. The average molecular weight is 248 g/mol. The van der Waals surface area contributed by atoms with Crippen LogP contribution in [0.2, 0.25) is 0 Å². The summed E-state index contributed by atoms with van der Waals surface area (Å²) in [5.41, 5.74) is 1.48. The third-order valence-corrected chi connectivity index (χ3v) is 3.51. The maximum atomic E-state index is 12.3. The predicted molar refractivity (Wildman–Crippen MR) is 77.1 cm³/mol. The van der Waals surface area contributed by atoms with E-state index in [0.29, 0.717) is 5.56 Å². The van der Waals surface area contributed by atoms with Gasteiger partial charge in [-0.1, -0.05) is 26.0 Å². The molecule has 0 aliphatic rings. The standard InChI is InChI=1S/C15H24N2O/c1-5-15(4,6-2)17-14(18)12-10-8-9-11-13(12)16-7-3/h8-11,16H,5-7H2,1-4H3,(H,17,18). The molecule has 1 amide bonds. The fraction of sp³-hybridized carbons (Fsp3) is 0.533. The number of nitrogens with one attached hydrogen (secondary N) is 2. The topological polar surface area (TPSA) is 41.1 Å². The quantitative estimate of drug-likeness (QED) is 0.810. The zero-order chi connectivity index (χ0) is 13.6. The van der Waals surface area contributed by atoms with Crippen molar-refractivity contribution in [3.05, 3.63) is 29.8 Å². The van der Waals surface area contributed by atoms with E-state index < -0.39 is 0 Å². The molecule has 0 unspecified atom stereocenters. The molecule has 100 valence electrons. The van der Waals surface area contributed by atoms with E-state index in [2.05, 4.69) is 31.4 Å². The molecule has 0 fully saturated rings. The van der Waals surface area contributed by atoms with Crippen LogP contribution in [-0.2, 0) is 0 Å². The van der Waals surface area contributed by atoms with Gasteiger partial charge in [0.05, 0.1) is 5.56 Å². The first-order valence-electron chi connectivity index (χ1n) is 6.71. The minimum atomic E-state index is -0.129. The molecular weight excluding hydrogens is 224 g/mol. The van der Waals surface area contributed by atoms with Crippen molar-refractivity contribution < 1.29 is 4.79 Å². The lowest BCUT2D eigenvalue weighted by Gasteiger charge is -2.28. The van der Waals surface area contributed by atoms with Crippen molar-refractivity contribution in [2.75, 3.05) is 11.9 Å². The number of carbonyl (C=O) groups excluding carboxylic acids is 1. The Balaban J connectivity index is 2.90. The predicted octanol–water partition coefficient (Wildman–Crippen LogP) is 3.43. The smallest absolute Gasteiger partial charge is 0.253 e. The minimum Gasteiger partial charge on any atom is -0.385 e. The van der Waals surface area contributed by atoms with Crippen molar-refractivity contribution in [3.63, 3.8) is 0 Å². The van der Waals surface area contributed by atoms with Gasteiger partial charge in [0.2, 0.25) is 0 Å². The van der Waals surface area contributed by atoms with Crippen LogP contribution in [0.5, 0.6) is 0 Å². The fourth-order valence-corrected chi connectivity index (χ4v) is 1.79. The Kier molecular flexibility index (Phi) is 5.20. The van der Waals surface area contributed by atoms with Crippen molar-refractivity contribution in [2.45, 2.75) is 46.1 Å². The first-order chi connectivity index (χ1) is 8.56. The van der Waals surface area contributed by atoms with Crippen molar-refractivity contribution in [2.24, 2.45) is 0 Å². The van der Waals surface area contributed by atoms with Crippen LogP contribution in [0, 0.1) is 0 Å². The molecule has 0 heterocycles. The highest BCUT2D eigenvalue weighted by molar-refractivity contribution is 6.00. The SMILES string of the molecule is CCNc1ccccc1C(=O)NC(C)(CC)CC.